The third-order valence-electron chi connectivity index (χ3n) is 2.58. The molecule has 0 saturated carbocycles. The average molecular weight is 226 g/mol. The molecule has 0 aliphatic carbocycles. The summed E-state index contributed by atoms with van der Waals surface area (Å²) in [5, 5.41) is 3.26. The van der Waals surface area contributed by atoms with Crippen LogP contribution in [0.25, 0.3) is 0 Å². The molecule has 1 N–H and O–H groups in total. The van der Waals surface area contributed by atoms with Crippen LogP contribution in [0.4, 0.5) is 5.82 Å². The van der Waals surface area contributed by atoms with Crippen LogP contribution in [0, 0.1) is 0 Å². The van der Waals surface area contributed by atoms with Gasteiger partial charge in [-0.3, -0.25) is 0 Å². The quantitative estimate of drug-likeness (QED) is 0.599. The van der Waals surface area contributed by atoms with Gasteiger partial charge in [0.1, 0.15) is 5.82 Å². The van der Waals surface area contributed by atoms with E-state index in [1.54, 1.807) is 10.8 Å². The van der Waals surface area contributed by atoms with E-state index in [1.165, 1.54) is 11.1 Å². The molecule has 0 unspecified atom stereocenters. The first-order valence-electron chi connectivity index (χ1n) is 4.69. The van der Waals surface area contributed by atoms with Crippen molar-refractivity contribution < 1.29 is 0 Å². The lowest BCUT2D eigenvalue weighted by Crippen LogP contribution is -2.10. The molecule has 0 bridgehead atoms. The van der Waals surface area contributed by atoms with Gasteiger partial charge in [0.05, 0.1) is 0 Å². The summed E-state index contributed by atoms with van der Waals surface area (Å²) in [5.41, 5.74) is 2.58. The molecule has 1 aromatic heterocycles. The summed E-state index contributed by atoms with van der Waals surface area (Å²) in [4.78, 5) is 4.42. The number of hydrogen-bond acceptors (Lipinski definition) is 4. The van der Waals surface area contributed by atoms with Crippen molar-refractivity contribution in [2.45, 2.75) is 25.0 Å². The van der Waals surface area contributed by atoms with E-state index >= 15 is 0 Å². The Morgan fingerprint density at radius 1 is 1.57 bits per heavy atom. The Kier molecular flexibility index (Phi) is 2.66. The van der Waals surface area contributed by atoms with Crippen molar-refractivity contribution in [1.82, 2.24) is 4.98 Å². The zero-order chi connectivity index (χ0) is 10.2. The van der Waals surface area contributed by atoms with Crippen LogP contribution in [-0.4, -0.2) is 11.5 Å². The maximum atomic E-state index is 4.42. The lowest BCUT2D eigenvalue weighted by Gasteiger charge is -2.21. The van der Waals surface area contributed by atoms with Crippen molar-refractivity contribution in [2.75, 3.05) is 11.9 Å². The van der Waals surface area contributed by atoms with E-state index in [-0.39, 0.29) is 4.75 Å². The normalized spacial score (nSPS) is 15.1. The molecule has 2 heterocycles. The second-order valence-electron chi connectivity index (χ2n) is 4.01. The van der Waals surface area contributed by atoms with E-state index in [9.17, 15) is 0 Å². The molecule has 0 radical (unpaired) electrons. The van der Waals surface area contributed by atoms with Crippen LogP contribution < -0.4 is 5.32 Å². The number of thiol groups is 1. The van der Waals surface area contributed by atoms with Crippen LogP contribution in [0.1, 0.15) is 25.0 Å². The van der Waals surface area contributed by atoms with Crippen LogP contribution >= 0.6 is 22.5 Å². The first-order valence-corrected chi connectivity index (χ1v) is 6.56. The van der Waals surface area contributed by atoms with Crippen LogP contribution in [-0.2, 0) is 11.2 Å². The van der Waals surface area contributed by atoms with E-state index in [0.717, 1.165) is 18.8 Å². The van der Waals surface area contributed by atoms with Crippen LogP contribution in [0.3, 0.4) is 0 Å². The van der Waals surface area contributed by atoms with E-state index in [4.69, 9.17) is 0 Å². The van der Waals surface area contributed by atoms with E-state index in [0.29, 0.717) is 0 Å². The molecule has 2 nitrogen and oxygen atoms in total. The van der Waals surface area contributed by atoms with Gasteiger partial charge in [-0.1, -0.05) is 10.8 Å². The summed E-state index contributed by atoms with van der Waals surface area (Å²) in [5.74, 6) is 1.05. The van der Waals surface area contributed by atoms with Crippen molar-refractivity contribution in [2.24, 2.45) is 0 Å². The number of fused-ring (bicyclic) bond motifs is 1. The molecule has 0 spiro atoms. The average Bonchev–Trinajstić information content (AvgIpc) is 2.64. The summed E-state index contributed by atoms with van der Waals surface area (Å²) in [6, 6.07) is 2.24. The number of rotatable bonds is 2. The van der Waals surface area contributed by atoms with Crippen LogP contribution in [0.15, 0.2) is 12.3 Å². The Morgan fingerprint density at radius 3 is 3.07 bits per heavy atom. The smallest absolute Gasteiger partial charge is 0.129 e. The summed E-state index contributed by atoms with van der Waals surface area (Å²) in [6.07, 6.45) is 3.03. The van der Waals surface area contributed by atoms with Crippen LogP contribution in [0.5, 0.6) is 0 Å². The maximum Gasteiger partial charge on any atom is 0.129 e. The molecule has 0 atom stereocenters. The standard InChI is InChI=1S/C10H14N2S2/c1-10(2,14-13)8-5-7-3-4-11-9(7)12-6-8/h5-6,13H,3-4H2,1-2H3,(H,11,12). The first kappa shape index (κ1) is 10.2. The maximum absolute atomic E-state index is 4.42. The van der Waals surface area contributed by atoms with Crippen molar-refractivity contribution in [3.63, 3.8) is 0 Å². The van der Waals surface area contributed by atoms with Gasteiger partial charge < -0.3 is 5.32 Å². The summed E-state index contributed by atoms with van der Waals surface area (Å²) >= 11 is 4.29. The van der Waals surface area contributed by atoms with Gasteiger partial charge in [0, 0.05) is 17.5 Å². The topological polar surface area (TPSA) is 24.9 Å². The van der Waals surface area contributed by atoms with E-state index in [2.05, 4.69) is 41.9 Å². The van der Waals surface area contributed by atoms with Crippen molar-refractivity contribution in [1.29, 1.82) is 0 Å². The van der Waals surface area contributed by atoms with Crippen molar-refractivity contribution in [3.05, 3.63) is 23.4 Å². The molecule has 0 saturated heterocycles. The highest BCUT2D eigenvalue weighted by atomic mass is 33.1. The molecule has 0 amide bonds. The fraction of sp³-hybridized carbons (Fsp3) is 0.500. The number of hydrogen-bond donors (Lipinski definition) is 2. The lowest BCUT2D eigenvalue weighted by molar-refractivity contribution is 0.782. The van der Waals surface area contributed by atoms with Gasteiger partial charge in [0.2, 0.25) is 0 Å². The number of nitrogens with zero attached hydrogens (tertiary/aromatic N) is 1. The van der Waals surface area contributed by atoms with Gasteiger partial charge in [-0.15, -0.1) is 11.7 Å². The minimum absolute atomic E-state index is 0.0354. The summed E-state index contributed by atoms with van der Waals surface area (Å²) < 4.78 is 0.0354. The molecule has 1 aliphatic rings. The van der Waals surface area contributed by atoms with E-state index < -0.39 is 0 Å². The first-order chi connectivity index (χ1) is 6.63. The minimum atomic E-state index is 0.0354. The highest BCUT2D eigenvalue weighted by Gasteiger charge is 2.22. The highest BCUT2D eigenvalue weighted by Crippen LogP contribution is 2.38. The Balaban J connectivity index is 2.38. The molecular weight excluding hydrogens is 212 g/mol. The lowest BCUT2D eigenvalue weighted by atomic mass is 10.0. The monoisotopic (exact) mass is 226 g/mol. The van der Waals surface area contributed by atoms with Crippen molar-refractivity contribution >= 4 is 28.3 Å². The van der Waals surface area contributed by atoms with Gasteiger partial charge in [-0.2, -0.15) is 0 Å². The Bertz CT molecular complexity index is 350. The molecule has 1 aliphatic heterocycles. The molecule has 76 valence electrons. The Labute approximate surface area is 93.7 Å². The fourth-order valence-corrected chi connectivity index (χ4v) is 2.09. The molecule has 0 fully saturated rings. The predicted octanol–water partition coefficient (Wildman–Crippen LogP) is 2.86. The molecule has 14 heavy (non-hydrogen) atoms. The zero-order valence-electron chi connectivity index (χ0n) is 8.37. The number of aromatic nitrogens is 1. The molecule has 0 aromatic carbocycles. The van der Waals surface area contributed by atoms with Gasteiger partial charge in [-0.25, -0.2) is 4.98 Å². The SMILES string of the molecule is CC(C)(SS)c1cnc2c(c1)CCN2. The summed E-state index contributed by atoms with van der Waals surface area (Å²) in [6.45, 7) is 5.34. The summed E-state index contributed by atoms with van der Waals surface area (Å²) in [7, 11) is 1.56. The Morgan fingerprint density at radius 2 is 2.36 bits per heavy atom. The van der Waals surface area contributed by atoms with Crippen molar-refractivity contribution in [3.8, 4) is 0 Å². The molecule has 4 heteroatoms. The van der Waals surface area contributed by atoms with Gasteiger partial charge >= 0.3 is 0 Å². The molecular formula is C10H14N2S2. The number of nitrogens with one attached hydrogen (secondary N) is 1. The molecule has 2 rings (SSSR count). The number of pyridine rings is 1. The largest absolute Gasteiger partial charge is 0.370 e. The zero-order valence-corrected chi connectivity index (χ0v) is 10.1. The van der Waals surface area contributed by atoms with E-state index in [1.807, 2.05) is 6.20 Å². The third kappa shape index (κ3) is 1.73. The predicted molar refractivity (Wildman–Crippen MR) is 66.0 cm³/mol. The number of anilines is 1. The van der Waals surface area contributed by atoms with Crippen LogP contribution in [0.2, 0.25) is 0 Å². The highest BCUT2D eigenvalue weighted by molar-refractivity contribution is 8.68. The van der Waals surface area contributed by atoms with Gasteiger partial charge in [0.25, 0.3) is 0 Å². The second-order valence-corrected chi connectivity index (χ2v) is 5.76. The third-order valence-corrected chi connectivity index (χ3v) is 4.64. The fourth-order valence-electron chi connectivity index (χ4n) is 1.56. The Hall–Kier alpha value is -0.350. The molecule has 1 aromatic rings. The second kappa shape index (κ2) is 3.66. The van der Waals surface area contributed by atoms with Gasteiger partial charge in [0.15, 0.2) is 0 Å². The van der Waals surface area contributed by atoms with Gasteiger partial charge in [-0.05, 0) is 37.5 Å². The minimum Gasteiger partial charge on any atom is -0.370 e.